The summed E-state index contributed by atoms with van der Waals surface area (Å²) in [5.41, 5.74) is -2.08. The molecule has 2 N–H and O–H groups in total. The first kappa shape index (κ1) is 27.9. The van der Waals surface area contributed by atoms with Gasteiger partial charge in [-0.3, -0.25) is 8.98 Å². The highest BCUT2D eigenvalue weighted by molar-refractivity contribution is 7.86. The van der Waals surface area contributed by atoms with Crippen LogP contribution in [-0.2, 0) is 28.7 Å². The van der Waals surface area contributed by atoms with Crippen molar-refractivity contribution in [1.29, 1.82) is 0 Å². The maximum atomic E-state index is 13.5. The van der Waals surface area contributed by atoms with Crippen molar-refractivity contribution in [2.75, 3.05) is 0 Å². The smallest absolute Gasteiger partial charge is 0.334 e. The van der Waals surface area contributed by atoms with Gasteiger partial charge in [-0.2, -0.15) is 8.42 Å². The molecular weight excluding hydrogens is 496 g/mol. The average molecular weight is 535 g/mol. The van der Waals surface area contributed by atoms with Crippen molar-refractivity contribution in [3.8, 4) is 0 Å². The van der Waals surface area contributed by atoms with Gasteiger partial charge >= 0.3 is 5.97 Å². The highest BCUT2D eigenvalue weighted by Gasteiger charge is 2.69. The number of carboxylic acids is 1. The summed E-state index contributed by atoms with van der Waals surface area (Å²) in [5, 5.41) is 21.9. The Hall–Kier alpha value is -2.10. The quantitative estimate of drug-likeness (QED) is 0.416. The third-order valence-corrected chi connectivity index (χ3v) is 11.7. The van der Waals surface area contributed by atoms with E-state index in [1.807, 2.05) is 20.8 Å². The second-order valence-corrected chi connectivity index (χ2v) is 13.8. The molecule has 2 bridgehead atoms. The van der Waals surface area contributed by atoms with Crippen molar-refractivity contribution >= 4 is 28.2 Å². The van der Waals surface area contributed by atoms with E-state index >= 15 is 0 Å². The van der Waals surface area contributed by atoms with Crippen molar-refractivity contribution in [2.24, 2.45) is 39.9 Å². The number of hydrogen-bond donors (Lipinski definition) is 2. The fourth-order valence-electron chi connectivity index (χ4n) is 8.01. The lowest BCUT2D eigenvalue weighted by Crippen LogP contribution is -2.63. The molecule has 0 amide bonds. The van der Waals surface area contributed by atoms with Gasteiger partial charge in [-0.05, 0) is 67.4 Å². The van der Waals surface area contributed by atoms with E-state index in [9.17, 15) is 33.0 Å². The molecule has 3 aliphatic carbocycles. The van der Waals surface area contributed by atoms with Gasteiger partial charge in [0.05, 0.1) is 11.0 Å². The second-order valence-electron chi connectivity index (χ2n) is 12.2. The fourth-order valence-corrected chi connectivity index (χ4v) is 9.08. The molecule has 1 aromatic carbocycles. The van der Waals surface area contributed by atoms with E-state index < -0.39 is 56.4 Å². The first-order valence-electron chi connectivity index (χ1n) is 13.0. The van der Waals surface area contributed by atoms with E-state index in [0.717, 1.165) is 5.56 Å². The number of carboxylic acid groups (broad SMARTS) is 1. The molecule has 0 radical (unpaired) electrons. The number of carbonyl (C=O) groups is 3. The zero-order chi connectivity index (χ0) is 27.6. The number of aliphatic carboxylic acids is 1. The highest BCUT2D eigenvalue weighted by atomic mass is 32.2. The van der Waals surface area contributed by atoms with Crippen molar-refractivity contribution in [3.63, 3.8) is 0 Å². The molecule has 0 spiro atoms. The Labute approximate surface area is 218 Å². The van der Waals surface area contributed by atoms with Crippen molar-refractivity contribution in [1.82, 2.24) is 0 Å². The minimum Gasteiger partial charge on any atom is -0.479 e. The average Bonchev–Trinajstić information content (AvgIpc) is 3.20. The van der Waals surface area contributed by atoms with Crippen LogP contribution < -0.4 is 0 Å². The molecule has 3 aliphatic rings. The van der Waals surface area contributed by atoms with Crippen LogP contribution in [0.15, 0.2) is 29.2 Å². The van der Waals surface area contributed by atoms with E-state index in [1.54, 1.807) is 26.0 Å². The van der Waals surface area contributed by atoms with Gasteiger partial charge in [0.1, 0.15) is 12.1 Å². The Morgan fingerprint density at radius 2 is 1.78 bits per heavy atom. The topological polar surface area (TPSA) is 135 Å². The summed E-state index contributed by atoms with van der Waals surface area (Å²) < 4.78 is 32.1. The van der Waals surface area contributed by atoms with Crippen LogP contribution in [0.5, 0.6) is 0 Å². The molecule has 0 aromatic heterocycles. The number of ketones is 1. The third-order valence-electron chi connectivity index (χ3n) is 10.4. The number of hydrogen-bond acceptors (Lipinski definition) is 7. The molecule has 1 aromatic rings. The summed E-state index contributed by atoms with van der Waals surface area (Å²) in [7, 11) is -4.49. The zero-order valence-corrected chi connectivity index (χ0v) is 23.0. The molecule has 8 nitrogen and oxygen atoms in total. The number of aryl methyl sites for hydroxylation is 1. The van der Waals surface area contributed by atoms with Crippen LogP contribution in [0.25, 0.3) is 0 Å². The molecule has 9 unspecified atom stereocenters. The van der Waals surface area contributed by atoms with E-state index in [2.05, 4.69) is 0 Å². The number of aliphatic hydroxyl groups is 1. The van der Waals surface area contributed by atoms with Gasteiger partial charge < -0.3 is 15.0 Å². The minimum atomic E-state index is -4.49. The fraction of sp³-hybridized carbons (Fsp3) is 0.679. The maximum absolute atomic E-state index is 13.5. The van der Waals surface area contributed by atoms with Gasteiger partial charge in [-0.25, -0.2) is 4.79 Å². The summed E-state index contributed by atoms with van der Waals surface area (Å²) in [6.45, 7) is 9.13. The first-order chi connectivity index (χ1) is 17.1. The summed E-state index contributed by atoms with van der Waals surface area (Å²) in [5.74, 6) is -3.56. The number of benzene rings is 1. The summed E-state index contributed by atoms with van der Waals surface area (Å²) in [6.07, 6.45) is -0.184. The summed E-state index contributed by atoms with van der Waals surface area (Å²) in [4.78, 5) is 38.6. The Balaban J connectivity index is 1.91. The zero-order valence-electron chi connectivity index (χ0n) is 22.1. The van der Waals surface area contributed by atoms with Gasteiger partial charge in [0.2, 0.25) is 0 Å². The number of carbonyl (C=O) groups excluding carboxylic acids is 2. The van der Waals surface area contributed by atoms with Crippen LogP contribution in [0.4, 0.5) is 0 Å². The van der Waals surface area contributed by atoms with Gasteiger partial charge in [0.15, 0.2) is 6.10 Å². The molecule has 204 valence electrons. The highest BCUT2D eigenvalue weighted by Crippen LogP contribution is 2.69. The molecule has 0 heterocycles. The van der Waals surface area contributed by atoms with Crippen LogP contribution in [0.3, 0.4) is 0 Å². The van der Waals surface area contributed by atoms with Crippen molar-refractivity contribution in [3.05, 3.63) is 29.8 Å². The Morgan fingerprint density at radius 3 is 2.35 bits per heavy atom. The van der Waals surface area contributed by atoms with Crippen LogP contribution in [0.1, 0.15) is 65.4 Å². The monoisotopic (exact) mass is 534 g/mol. The van der Waals surface area contributed by atoms with Gasteiger partial charge in [0, 0.05) is 23.7 Å². The van der Waals surface area contributed by atoms with Gasteiger partial charge in [-0.15, -0.1) is 0 Å². The summed E-state index contributed by atoms with van der Waals surface area (Å²) in [6, 6.07) is 5.91. The van der Waals surface area contributed by atoms with E-state index in [4.69, 9.17) is 4.18 Å². The van der Waals surface area contributed by atoms with E-state index in [0.29, 0.717) is 32.0 Å². The molecule has 3 fully saturated rings. The van der Waals surface area contributed by atoms with Crippen molar-refractivity contribution in [2.45, 2.75) is 83.8 Å². The summed E-state index contributed by atoms with van der Waals surface area (Å²) >= 11 is 0. The molecule has 9 atom stereocenters. The maximum Gasteiger partial charge on any atom is 0.334 e. The molecule has 37 heavy (non-hydrogen) atoms. The molecule has 0 aliphatic heterocycles. The van der Waals surface area contributed by atoms with Crippen LogP contribution in [-0.4, -0.2) is 48.9 Å². The van der Waals surface area contributed by atoms with E-state index in [-0.39, 0.29) is 28.9 Å². The molecular formula is C28H38O8S. The van der Waals surface area contributed by atoms with Crippen LogP contribution >= 0.6 is 0 Å². The molecule has 9 heteroatoms. The molecule has 4 rings (SSSR count). The predicted molar refractivity (Wildman–Crippen MR) is 135 cm³/mol. The third kappa shape index (κ3) is 4.17. The number of Topliss-reactive ketones (excluding diaryl/α,β-unsaturated/α-hetero) is 1. The Kier molecular flexibility index (Phi) is 7.00. The van der Waals surface area contributed by atoms with Crippen LogP contribution in [0.2, 0.25) is 0 Å². The van der Waals surface area contributed by atoms with Gasteiger partial charge in [-0.1, -0.05) is 45.4 Å². The van der Waals surface area contributed by atoms with Crippen LogP contribution in [0, 0.1) is 46.8 Å². The number of rotatable bonds is 6. The minimum absolute atomic E-state index is 0.0123. The Morgan fingerprint density at radius 1 is 1.16 bits per heavy atom. The predicted octanol–water partition coefficient (Wildman–Crippen LogP) is 3.78. The largest absolute Gasteiger partial charge is 0.479 e. The molecule has 3 saturated carbocycles. The van der Waals surface area contributed by atoms with E-state index in [1.165, 1.54) is 12.1 Å². The number of aliphatic hydroxyl groups excluding tert-OH is 1. The lowest BCUT2D eigenvalue weighted by atomic mass is 9.41. The number of aldehydes is 1. The Bertz CT molecular complexity index is 1190. The second kappa shape index (κ2) is 9.27. The standard InChI is InChI=1S/C28H38O8S/c1-16-6-8-19(9-7-16)37(34,35)36-22(25(32)33)20-14-26(4,15-29)24(31)18(3)28-12-10-17(2)27(20,5)23(28)21(30)11-13-28/h6-9,15,17-18,20,22-24,31H,10-14H2,1-5H3,(H,32,33). The lowest BCUT2D eigenvalue weighted by Gasteiger charge is -2.62. The SMILES string of the molecule is Cc1ccc(S(=O)(=O)OC(C(=O)O)C2CC(C)(C=O)C(O)C(C)C34CCC(=O)C3C2(C)C(C)CC4)cc1. The molecule has 0 saturated heterocycles. The first-order valence-corrected chi connectivity index (χ1v) is 14.4. The normalized spacial score (nSPS) is 40.8. The van der Waals surface area contributed by atoms with Crippen molar-refractivity contribution < 1.29 is 37.2 Å². The van der Waals surface area contributed by atoms with Gasteiger partial charge in [0.25, 0.3) is 10.1 Å². The lowest BCUT2D eigenvalue weighted by molar-refractivity contribution is -0.196.